The van der Waals surface area contributed by atoms with Gasteiger partial charge in [0.25, 0.3) is 5.91 Å². The van der Waals surface area contributed by atoms with Crippen LogP contribution in [-0.4, -0.2) is 20.9 Å². The average molecular weight is 294 g/mol. The van der Waals surface area contributed by atoms with Gasteiger partial charge in [0.05, 0.1) is 5.56 Å². The lowest BCUT2D eigenvalue weighted by atomic mass is 10.2. The molecule has 94 valence electrons. The van der Waals surface area contributed by atoms with E-state index in [1.807, 2.05) is 6.07 Å². The molecule has 0 saturated carbocycles. The zero-order valence-corrected chi connectivity index (χ0v) is 10.8. The third-order valence-electron chi connectivity index (χ3n) is 2.03. The molecule has 2 rings (SSSR count). The largest absolute Gasteiger partial charge is 0.305 e. The highest BCUT2D eigenvalue weighted by atomic mass is 35.5. The number of rotatable bonds is 2. The van der Waals surface area contributed by atoms with Gasteiger partial charge >= 0.3 is 0 Å². The van der Waals surface area contributed by atoms with E-state index in [4.69, 9.17) is 28.5 Å². The van der Waals surface area contributed by atoms with Gasteiger partial charge < -0.3 is 5.32 Å². The van der Waals surface area contributed by atoms with Gasteiger partial charge in [-0.1, -0.05) is 11.6 Å². The van der Waals surface area contributed by atoms with E-state index in [1.54, 1.807) is 0 Å². The second kappa shape index (κ2) is 5.61. The monoisotopic (exact) mass is 293 g/mol. The van der Waals surface area contributed by atoms with Crippen LogP contribution in [0.4, 0.5) is 5.82 Å². The van der Waals surface area contributed by atoms with Gasteiger partial charge in [0, 0.05) is 12.3 Å². The SMILES string of the molecule is N#Cc1ccc(C(=O)Nc2cc(Cl)nc(Cl)n2)nc1. The van der Waals surface area contributed by atoms with Gasteiger partial charge in [0.2, 0.25) is 5.28 Å². The van der Waals surface area contributed by atoms with Crippen molar-refractivity contribution in [3.63, 3.8) is 0 Å². The molecule has 6 nitrogen and oxygen atoms in total. The summed E-state index contributed by atoms with van der Waals surface area (Å²) < 4.78 is 0. The number of amides is 1. The lowest BCUT2D eigenvalue weighted by molar-refractivity contribution is 0.102. The number of anilines is 1. The number of carbonyl (C=O) groups is 1. The summed E-state index contributed by atoms with van der Waals surface area (Å²) in [6.45, 7) is 0. The van der Waals surface area contributed by atoms with E-state index >= 15 is 0 Å². The summed E-state index contributed by atoms with van der Waals surface area (Å²) >= 11 is 11.3. The van der Waals surface area contributed by atoms with Crippen LogP contribution in [0.15, 0.2) is 24.4 Å². The summed E-state index contributed by atoms with van der Waals surface area (Å²) in [5.41, 5.74) is 0.509. The molecule has 2 aromatic rings. The fourth-order valence-corrected chi connectivity index (χ4v) is 1.64. The second-order valence-corrected chi connectivity index (χ2v) is 4.07. The van der Waals surface area contributed by atoms with E-state index in [9.17, 15) is 4.79 Å². The molecule has 2 aromatic heterocycles. The first kappa shape index (κ1) is 13.2. The minimum absolute atomic E-state index is 0.0735. The zero-order chi connectivity index (χ0) is 13.8. The van der Waals surface area contributed by atoms with Crippen molar-refractivity contribution in [2.45, 2.75) is 0 Å². The minimum Gasteiger partial charge on any atom is -0.305 e. The van der Waals surface area contributed by atoms with Gasteiger partial charge in [-0.2, -0.15) is 5.26 Å². The maximum atomic E-state index is 11.8. The molecule has 19 heavy (non-hydrogen) atoms. The van der Waals surface area contributed by atoms with Crippen LogP contribution in [0.1, 0.15) is 16.1 Å². The number of nitrogens with one attached hydrogen (secondary N) is 1. The molecular weight excluding hydrogens is 289 g/mol. The van der Waals surface area contributed by atoms with Gasteiger partial charge in [-0.05, 0) is 23.7 Å². The number of nitrogens with zero attached hydrogens (tertiary/aromatic N) is 4. The topological polar surface area (TPSA) is 91.6 Å². The fraction of sp³-hybridized carbons (Fsp3) is 0. The van der Waals surface area contributed by atoms with E-state index in [0.29, 0.717) is 5.56 Å². The number of hydrogen-bond acceptors (Lipinski definition) is 5. The molecule has 8 heteroatoms. The van der Waals surface area contributed by atoms with E-state index < -0.39 is 5.91 Å². The van der Waals surface area contributed by atoms with Crippen LogP contribution in [0, 0.1) is 11.3 Å². The number of carbonyl (C=O) groups excluding carboxylic acids is 1. The predicted octanol–water partition coefficient (Wildman–Crippen LogP) is 2.30. The summed E-state index contributed by atoms with van der Waals surface area (Å²) in [7, 11) is 0. The van der Waals surface area contributed by atoms with Crippen LogP contribution in [0.5, 0.6) is 0 Å². The molecule has 0 aliphatic rings. The molecule has 0 saturated heterocycles. The highest BCUT2D eigenvalue weighted by molar-refractivity contribution is 6.32. The van der Waals surface area contributed by atoms with Crippen LogP contribution >= 0.6 is 23.2 Å². The molecule has 1 N–H and O–H groups in total. The summed E-state index contributed by atoms with van der Waals surface area (Å²) in [6.07, 6.45) is 1.30. The molecule has 0 spiro atoms. The van der Waals surface area contributed by atoms with Crippen LogP contribution in [-0.2, 0) is 0 Å². The van der Waals surface area contributed by atoms with Crippen LogP contribution in [0.2, 0.25) is 10.4 Å². The molecule has 0 bridgehead atoms. The normalized spacial score (nSPS) is 9.74. The summed E-state index contributed by atoms with van der Waals surface area (Å²) in [5, 5.41) is 11.1. The molecule has 0 aliphatic heterocycles. The van der Waals surface area contributed by atoms with Gasteiger partial charge in [0.15, 0.2) is 0 Å². The van der Waals surface area contributed by atoms with Crippen molar-refractivity contribution < 1.29 is 4.79 Å². The van der Waals surface area contributed by atoms with Gasteiger partial charge in [-0.25, -0.2) is 15.0 Å². The first-order valence-electron chi connectivity index (χ1n) is 4.96. The number of pyridine rings is 1. The third-order valence-corrected chi connectivity index (χ3v) is 2.40. The van der Waals surface area contributed by atoms with Gasteiger partial charge in [-0.15, -0.1) is 0 Å². The highest BCUT2D eigenvalue weighted by Gasteiger charge is 2.10. The van der Waals surface area contributed by atoms with E-state index in [1.165, 1.54) is 24.4 Å². The first-order chi connectivity index (χ1) is 9.08. The Labute approximate surface area is 118 Å². The van der Waals surface area contributed by atoms with Crippen molar-refractivity contribution in [1.82, 2.24) is 15.0 Å². The Bertz CT molecular complexity index is 646. The number of hydrogen-bond donors (Lipinski definition) is 1. The standard InChI is InChI=1S/C11H5Cl2N5O/c12-8-3-9(18-11(13)16-8)17-10(19)7-2-1-6(4-14)5-15-7/h1-3,5H,(H,16,17,18,19). The Kier molecular flexibility index (Phi) is 3.90. The first-order valence-corrected chi connectivity index (χ1v) is 5.71. The Hall–Kier alpha value is -2.23. The summed E-state index contributed by atoms with van der Waals surface area (Å²) in [4.78, 5) is 23.1. The van der Waals surface area contributed by atoms with Crippen molar-refractivity contribution in [1.29, 1.82) is 5.26 Å². The van der Waals surface area contributed by atoms with Crippen molar-refractivity contribution in [2.75, 3.05) is 5.32 Å². The molecule has 0 aromatic carbocycles. The molecule has 0 unspecified atom stereocenters. The lowest BCUT2D eigenvalue weighted by Crippen LogP contribution is -2.14. The minimum atomic E-state index is -0.490. The molecule has 0 aliphatic carbocycles. The van der Waals surface area contributed by atoms with Crippen LogP contribution < -0.4 is 5.32 Å². The molecule has 0 atom stereocenters. The summed E-state index contributed by atoms with van der Waals surface area (Å²) in [5.74, 6) is -0.323. The predicted molar refractivity (Wildman–Crippen MR) is 69.0 cm³/mol. The summed E-state index contributed by atoms with van der Waals surface area (Å²) in [6, 6.07) is 6.18. The molecular formula is C11H5Cl2N5O. The van der Waals surface area contributed by atoms with Gasteiger partial charge in [-0.3, -0.25) is 4.79 Å². The highest BCUT2D eigenvalue weighted by Crippen LogP contribution is 2.15. The van der Waals surface area contributed by atoms with Crippen LogP contribution in [0.3, 0.4) is 0 Å². The third kappa shape index (κ3) is 3.37. The molecule has 1 amide bonds. The van der Waals surface area contributed by atoms with E-state index in [0.717, 1.165) is 0 Å². The smallest absolute Gasteiger partial charge is 0.275 e. The second-order valence-electron chi connectivity index (χ2n) is 3.34. The van der Waals surface area contributed by atoms with Crippen molar-refractivity contribution in [3.05, 3.63) is 46.1 Å². The van der Waals surface area contributed by atoms with Crippen molar-refractivity contribution in [2.24, 2.45) is 0 Å². The maximum Gasteiger partial charge on any atom is 0.275 e. The van der Waals surface area contributed by atoms with E-state index in [-0.39, 0.29) is 21.9 Å². The number of halogens is 2. The van der Waals surface area contributed by atoms with E-state index in [2.05, 4.69) is 20.3 Å². The molecule has 0 fully saturated rings. The van der Waals surface area contributed by atoms with Crippen molar-refractivity contribution in [3.8, 4) is 6.07 Å². The average Bonchev–Trinajstić information content (AvgIpc) is 2.37. The van der Waals surface area contributed by atoms with Crippen LogP contribution in [0.25, 0.3) is 0 Å². The molecule has 2 heterocycles. The fourth-order valence-electron chi connectivity index (χ4n) is 1.23. The molecule has 0 radical (unpaired) electrons. The van der Waals surface area contributed by atoms with Crippen molar-refractivity contribution >= 4 is 34.9 Å². The Morgan fingerprint density at radius 2 is 2.11 bits per heavy atom. The Balaban J connectivity index is 2.18. The Morgan fingerprint density at radius 1 is 1.32 bits per heavy atom. The van der Waals surface area contributed by atoms with Gasteiger partial charge in [0.1, 0.15) is 22.7 Å². The zero-order valence-electron chi connectivity index (χ0n) is 9.26. The number of aromatic nitrogens is 3. The quantitative estimate of drug-likeness (QED) is 0.677. The number of nitriles is 1. The Morgan fingerprint density at radius 3 is 2.68 bits per heavy atom. The maximum absolute atomic E-state index is 11.8. The lowest BCUT2D eigenvalue weighted by Gasteiger charge is -2.04.